The van der Waals surface area contributed by atoms with E-state index in [-0.39, 0.29) is 13.2 Å². The Balaban J connectivity index is 1.70. The summed E-state index contributed by atoms with van der Waals surface area (Å²) in [5, 5.41) is 0.712. The van der Waals surface area contributed by atoms with Crippen molar-refractivity contribution in [1.82, 2.24) is 9.55 Å². The number of thiazole rings is 1. The summed E-state index contributed by atoms with van der Waals surface area (Å²) in [5.41, 5.74) is 3.44. The van der Waals surface area contributed by atoms with Gasteiger partial charge in [0.15, 0.2) is 4.80 Å². The zero-order valence-electron chi connectivity index (χ0n) is 20.5. The van der Waals surface area contributed by atoms with Gasteiger partial charge < -0.3 is 14.0 Å². The van der Waals surface area contributed by atoms with Crippen LogP contribution in [0.4, 0.5) is 0 Å². The second-order valence-corrected chi connectivity index (χ2v) is 9.18. The van der Waals surface area contributed by atoms with Gasteiger partial charge in [0, 0.05) is 10.9 Å². The molecule has 3 aromatic carbocycles. The highest BCUT2D eigenvalue weighted by molar-refractivity contribution is 7.16. The standard InChI is InChI=1S/C29H25N3O4S/c1-3-35-24-15-10-16-25-27(24)32(18-26(33)36-4-2)29(37-25)31-28(34)21-17-23(19-11-6-5-7-12-19)30-22-14-9-8-13-20(21)22/h5-17H,3-4,18H2,1-2H3. The molecule has 0 N–H and O–H groups in total. The summed E-state index contributed by atoms with van der Waals surface area (Å²) in [5.74, 6) is -0.212. The maximum atomic E-state index is 13.7. The number of ether oxygens (including phenoxy) is 2. The van der Waals surface area contributed by atoms with Gasteiger partial charge in [-0.2, -0.15) is 4.99 Å². The van der Waals surface area contributed by atoms with Gasteiger partial charge in [-0.05, 0) is 38.1 Å². The molecule has 0 spiro atoms. The van der Waals surface area contributed by atoms with Crippen LogP contribution in [0, 0.1) is 0 Å². The number of para-hydroxylation sites is 2. The molecule has 0 unspecified atom stereocenters. The largest absolute Gasteiger partial charge is 0.492 e. The van der Waals surface area contributed by atoms with E-state index >= 15 is 0 Å². The number of benzene rings is 3. The van der Waals surface area contributed by atoms with E-state index < -0.39 is 11.9 Å². The molecule has 37 heavy (non-hydrogen) atoms. The molecule has 2 aromatic heterocycles. The van der Waals surface area contributed by atoms with E-state index in [2.05, 4.69) is 4.99 Å². The molecule has 5 aromatic rings. The molecule has 0 aliphatic rings. The Kier molecular flexibility index (Phi) is 7.09. The number of carbonyl (C=O) groups is 2. The number of aromatic nitrogens is 2. The van der Waals surface area contributed by atoms with Crippen molar-refractivity contribution in [3.05, 3.63) is 89.2 Å². The number of fused-ring (bicyclic) bond motifs is 2. The Morgan fingerprint density at radius 2 is 1.73 bits per heavy atom. The second kappa shape index (κ2) is 10.8. The number of amides is 1. The summed E-state index contributed by atoms with van der Waals surface area (Å²) >= 11 is 1.33. The number of pyridine rings is 1. The van der Waals surface area contributed by atoms with Crippen molar-refractivity contribution in [3.63, 3.8) is 0 Å². The van der Waals surface area contributed by atoms with Crippen molar-refractivity contribution < 1.29 is 19.1 Å². The molecule has 0 saturated heterocycles. The molecule has 7 nitrogen and oxygen atoms in total. The van der Waals surface area contributed by atoms with Gasteiger partial charge in [-0.3, -0.25) is 9.59 Å². The van der Waals surface area contributed by atoms with E-state index in [0.717, 1.165) is 10.3 Å². The number of nitrogens with zero attached hydrogens (tertiary/aromatic N) is 3. The number of hydrogen-bond acceptors (Lipinski definition) is 6. The highest BCUT2D eigenvalue weighted by atomic mass is 32.1. The van der Waals surface area contributed by atoms with Crippen LogP contribution in [0.1, 0.15) is 24.2 Å². The molecular formula is C29H25N3O4S. The summed E-state index contributed by atoms with van der Waals surface area (Å²) in [7, 11) is 0. The highest BCUT2D eigenvalue weighted by Crippen LogP contribution is 2.29. The van der Waals surface area contributed by atoms with Crippen LogP contribution < -0.4 is 9.54 Å². The molecule has 186 valence electrons. The lowest BCUT2D eigenvalue weighted by molar-refractivity contribution is -0.143. The average Bonchev–Trinajstić information content (AvgIpc) is 3.26. The topological polar surface area (TPSA) is 82.8 Å². The fraction of sp³-hybridized carbons (Fsp3) is 0.172. The molecule has 0 bridgehead atoms. The molecule has 2 heterocycles. The number of carbonyl (C=O) groups excluding carboxylic acids is 2. The third-order valence-electron chi connectivity index (χ3n) is 5.77. The molecular weight excluding hydrogens is 486 g/mol. The third-order valence-corrected chi connectivity index (χ3v) is 6.81. The van der Waals surface area contributed by atoms with Crippen molar-refractivity contribution in [1.29, 1.82) is 0 Å². The van der Waals surface area contributed by atoms with E-state index in [0.29, 0.717) is 44.8 Å². The van der Waals surface area contributed by atoms with Crippen LogP contribution in [0.5, 0.6) is 5.75 Å². The molecule has 0 aliphatic carbocycles. The summed E-state index contributed by atoms with van der Waals surface area (Å²) in [4.78, 5) is 35.9. The van der Waals surface area contributed by atoms with E-state index in [9.17, 15) is 9.59 Å². The van der Waals surface area contributed by atoms with Crippen molar-refractivity contribution in [3.8, 4) is 17.0 Å². The molecule has 8 heteroatoms. The summed E-state index contributed by atoms with van der Waals surface area (Å²) in [6.07, 6.45) is 0. The van der Waals surface area contributed by atoms with Crippen LogP contribution >= 0.6 is 11.3 Å². The Labute approximate surface area is 217 Å². The fourth-order valence-corrected chi connectivity index (χ4v) is 5.24. The number of rotatable bonds is 7. The van der Waals surface area contributed by atoms with Crippen LogP contribution in [0.3, 0.4) is 0 Å². The fourth-order valence-electron chi connectivity index (χ4n) is 4.19. The first-order valence-corrected chi connectivity index (χ1v) is 12.9. The monoisotopic (exact) mass is 511 g/mol. The Bertz CT molecular complexity index is 1670. The van der Waals surface area contributed by atoms with E-state index in [4.69, 9.17) is 14.5 Å². The normalized spacial score (nSPS) is 11.7. The first kappa shape index (κ1) is 24.4. The van der Waals surface area contributed by atoms with Crippen LogP contribution in [-0.2, 0) is 16.1 Å². The Morgan fingerprint density at radius 3 is 2.51 bits per heavy atom. The zero-order chi connectivity index (χ0) is 25.8. The maximum absolute atomic E-state index is 13.7. The number of hydrogen-bond donors (Lipinski definition) is 0. The molecule has 1 amide bonds. The van der Waals surface area contributed by atoms with Crippen molar-refractivity contribution in [2.45, 2.75) is 20.4 Å². The highest BCUT2D eigenvalue weighted by Gasteiger charge is 2.18. The quantitative estimate of drug-likeness (QED) is 0.265. The van der Waals surface area contributed by atoms with E-state index in [1.807, 2.05) is 79.7 Å². The van der Waals surface area contributed by atoms with Gasteiger partial charge in [-0.1, -0.05) is 65.9 Å². The van der Waals surface area contributed by atoms with E-state index in [1.165, 1.54) is 11.3 Å². The van der Waals surface area contributed by atoms with Gasteiger partial charge in [-0.25, -0.2) is 4.98 Å². The summed E-state index contributed by atoms with van der Waals surface area (Å²) < 4.78 is 13.6. The van der Waals surface area contributed by atoms with Gasteiger partial charge in [0.1, 0.15) is 17.8 Å². The van der Waals surface area contributed by atoms with Gasteiger partial charge in [0.2, 0.25) is 0 Å². The zero-order valence-corrected chi connectivity index (χ0v) is 21.3. The molecule has 0 atom stereocenters. The molecule has 0 fully saturated rings. The SMILES string of the molecule is CCOC(=O)Cn1c(=NC(=O)c2cc(-c3ccccc3)nc3ccccc23)sc2cccc(OCC)c21. The summed E-state index contributed by atoms with van der Waals surface area (Å²) in [6, 6.07) is 24.6. The summed E-state index contributed by atoms with van der Waals surface area (Å²) in [6.45, 7) is 4.29. The molecule has 0 radical (unpaired) electrons. The van der Waals surface area contributed by atoms with Crippen molar-refractivity contribution in [2.75, 3.05) is 13.2 Å². The lowest BCUT2D eigenvalue weighted by Gasteiger charge is -2.10. The van der Waals surface area contributed by atoms with Crippen LogP contribution in [0.15, 0.2) is 83.9 Å². The van der Waals surface area contributed by atoms with Gasteiger partial charge in [-0.15, -0.1) is 0 Å². The van der Waals surface area contributed by atoms with Crippen LogP contribution in [0.25, 0.3) is 32.4 Å². The first-order chi connectivity index (χ1) is 18.1. The van der Waals surface area contributed by atoms with Gasteiger partial charge in [0.25, 0.3) is 5.91 Å². The predicted octanol–water partition coefficient (Wildman–Crippen LogP) is 5.62. The van der Waals surface area contributed by atoms with Crippen molar-refractivity contribution in [2.24, 2.45) is 4.99 Å². The minimum absolute atomic E-state index is 0.0869. The molecule has 0 saturated carbocycles. The Hall–Kier alpha value is -4.30. The smallest absolute Gasteiger partial charge is 0.326 e. The minimum atomic E-state index is -0.419. The van der Waals surface area contributed by atoms with E-state index in [1.54, 1.807) is 17.6 Å². The maximum Gasteiger partial charge on any atom is 0.326 e. The minimum Gasteiger partial charge on any atom is -0.492 e. The third kappa shape index (κ3) is 5.01. The number of esters is 1. The second-order valence-electron chi connectivity index (χ2n) is 8.17. The van der Waals surface area contributed by atoms with Gasteiger partial charge >= 0.3 is 5.97 Å². The molecule has 5 rings (SSSR count). The van der Waals surface area contributed by atoms with Crippen LogP contribution in [0.2, 0.25) is 0 Å². The Morgan fingerprint density at radius 1 is 0.946 bits per heavy atom. The van der Waals surface area contributed by atoms with Crippen molar-refractivity contribution >= 4 is 44.3 Å². The predicted molar refractivity (Wildman–Crippen MR) is 145 cm³/mol. The lowest BCUT2D eigenvalue weighted by atomic mass is 10.0. The lowest BCUT2D eigenvalue weighted by Crippen LogP contribution is -2.23. The molecule has 0 aliphatic heterocycles. The van der Waals surface area contributed by atoms with Gasteiger partial charge in [0.05, 0.1) is 34.7 Å². The first-order valence-electron chi connectivity index (χ1n) is 12.0. The average molecular weight is 512 g/mol. The van der Waals surface area contributed by atoms with Crippen LogP contribution in [-0.4, -0.2) is 34.6 Å².